The Hall–Kier alpha value is -7.94. The summed E-state index contributed by atoms with van der Waals surface area (Å²) in [5.41, 5.74) is 16.9. The average Bonchev–Trinajstić information content (AvgIpc) is 3.72. The zero-order valence-corrected chi connectivity index (χ0v) is 32.9. The normalized spacial score (nSPS) is 11.3. The summed E-state index contributed by atoms with van der Waals surface area (Å²) in [6.07, 6.45) is 0. The van der Waals surface area contributed by atoms with Crippen molar-refractivity contribution >= 4 is 49.8 Å². The smallest absolute Gasteiger partial charge is 0.136 e. The van der Waals surface area contributed by atoms with Crippen LogP contribution in [0, 0.1) is 0 Å². The van der Waals surface area contributed by atoms with E-state index in [9.17, 15) is 0 Å². The number of rotatable bonds is 8. The summed E-state index contributed by atoms with van der Waals surface area (Å²) in [4.78, 5) is 2.40. The maximum absolute atomic E-state index is 6.27. The maximum atomic E-state index is 6.27. The monoisotopic (exact) mass is 765 g/mol. The predicted octanol–water partition coefficient (Wildman–Crippen LogP) is 16.5. The van der Waals surface area contributed by atoms with Gasteiger partial charge in [0.2, 0.25) is 0 Å². The first-order valence-corrected chi connectivity index (χ1v) is 20.5. The number of fused-ring (bicyclic) bond motifs is 4. The Labute approximate surface area is 349 Å². The molecule has 60 heavy (non-hydrogen) atoms. The molecule has 0 unspecified atom stereocenters. The molecule has 0 saturated carbocycles. The number of hydrogen-bond acceptors (Lipinski definition) is 2. The Morgan fingerprint density at radius 3 is 1.37 bits per heavy atom. The highest BCUT2D eigenvalue weighted by atomic mass is 16.3. The molecule has 0 N–H and O–H groups in total. The van der Waals surface area contributed by atoms with Crippen LogP contribution in [0.2, 0.25) is 0 Å². The van der Waals surface area contributed by atoms with Crippen molar-refractivity contribution < 1.29 is 4.42 Å². The first-order valence-electron chi connectivity index (χ1n) is 20.5. The zero-order chi connectivity index (χ0) is 39.8. The van der Waals surface area contributed by atoms with Gasteiger partial charge in [0.05, 0.1) is 5.69 Å². The summed E-state index contributed by atoms with van der Waals surface area (Å²) in [5.74, 6) is 0. The molecule has 1 heterocycles. The Morgan fingerprint density at radius 2 is 0.700 bits per heavy atom. The van der Waals surface area contributed by atoms with Crippen molar-refractivity contribution in [3.05, 3.63) is 237 Å². The van der Waals surface area contributed by atoms with Crippen molar-refractivity contribution in [1.82, 2.24) is 0 Å². The van der Waals surface area contributed by atoms with Crippen LogP contribution in [-0.2, 0) is 0 Å². The second kappa shape index (κ2) is 15.1. The van der Waals surface area contributed by atoms with E-state index < -0.39 is 0 Å². The van der Waals surface area contributed by atoms with Crippen LogP contribution in [0.15, 0.2) is 241 Å². The molecule has 2 nitrogen and oxygen atoms in total. The fraction of sp³-hybridized carbons (Fsp3) is 0. The SMILES string of the molecule is c1ccc(-c2ccc(-c3ccc(N(c4ccc(-c5cccc6oc7ccccc7c56)cc4)c4ccccc4-c4cccc5cccc(-c6ccccc6)c45)cc3)cc2)cc1. The highest BCUT2D eigenvalue weighted by Gasteiger charge is 2.20. The molecule has 0 spiro atoms. The Balaban J connectivity index is 1.05. The topological polar surface area (TPSA) is 16.4 Å². The van der Waals surface area contributed by atoms with Gasteiger partial charge < -0.3 is 9.32 Å². The van der Waals surface area contributed by atoms with Crippen molar-refractivity contribution in [1.29, 1.82) is 0 Å². The quantitative estimate of drug-likeness (QED) is 0.153. The van der Waals surface area contributed by atoms with Gasteiger partial charge in [-0.1, -0.05) is 194 Å². The third-order valence-electron chi connectivity index (χ3n) is 11.7. The highest BCUT2D eigenvalue weighted by Crippen LogP contribution is 2.46. The molecule has 0 aliphatic rings. The van der Waals surface area contributed by atoms with Crippen LogP contribution in [0.25, 0.3) is 88.3 Å². The first-order chi connectivity index (χ1) is 29.8. The second-order valence-electron chi connectivity index (χ2n) is 15.2. The van der Waals surface area contributed by atoms with Crippen LogP contribution in [0.5, 0.6) is 0 Å². The number of nitrogens with zero attached hydrogens (tertiary/aromatic N) is 1. The third kappa shape index (κ3) is 6.32. The van der Waals surface area contributed by atoms with Crippen LogP contribution >= 0.6 is 0 Å². The fourth-order valence-corrected chi connectivity index (χ4v) is 8.84. The predicted molar refractivity (Wildman–Crippen MR) is 253 cm³/mol. The van der Waals surface area contributed by atoms with Gasteiger partial charge in [-0.25, -0.2) is 0 Å². The molecule has 0 saturated heterocycles. The molecule has 0 aliphatic heterocycles. The number of hydrogen-bond donors (Lipinski definition) is 0. The van der Waals surface area contributed by atoms with Gasteiger partial charge in [-0.2, -0.15) is 0 Å². The van der Waals surface area contributed by atoms with Gasteiger partial charge in [0.25, 0.3) is 0 Å². The van der Waals surface area contributed by atoms with E-state index in [0.29, 0.717) is 0 Å². The van der Waals surface area contributed by atoms with Gasteiger partial charge >= 0.3 is 0 Å². The van der Waals surface area contributed by atoms with Crippen LogP contribution in [0.3, 0.4) is 0 Å². The Bertz CT molecular complexity index is 3270. The molecule has 11 rings (SSSR count). The molecule has 282 valence electrons. The van der Waals surface area contributed by atoms with E-state index >= 15 is 0 Å². The van der Waals surface area contributed by atoms with E-state index in [1.54, 1.807) is 0 Å². The van der Waals surface area contributed by atoms with E-state index in [1.807, 2.05) is 12.1 Å². The lowest BCUT2D eigenvalue weighted by molar-refractivity contribution is 0.669. The third-order valence-corrected chi connectivity index (χ3v) is 11.7. The molecule has 0 radical (unpaired) electrons. The minimum atomic E-state index is 0.896. The zero-order valence-electron chi connectivity index (χ0n) is 32.9. The van der Waals surface area contributed by atoms with E-state index in [-0.39, 0.29) is 0 Å². The lowest BCUT2D eigenvalue weighted by atomic mass is 9.90. The first kappa shape index (κ1) is 35.2. The van der Waals surface area contributed by atoms with Gasteiger partial charge in [-0.05, 0) is 103 Å². The summed E-state index contributed by atoms with van der Waals surface area (Å²) in [6.45, 7) is 0. The number of benzene rings is 10. The van der Waals surface area contributed by atoms with Crippen molar-refractivity contribution in [2.24, 2.45) is 0 Å². The lowest BCUT2D eigenvalue weighted by Gasteiger charge is -2.29. The van der Waals surface area contributed by atoms with E-state index in [2.05, 4.69) is 229 Å². The van der Waals surface area contributed by atoms with Crippen LogP contribution in [0.4, 0.5) is 17.1 Å². The summed E-state index contributed by atoms with van der Waals surface area (Å²) >= 11 is 0. The van der Waals surface area contributed by atoms with Crippen molar-refractivity contribution in [3.8, 4) is 55.6 Å². The summed E-state index contributed by atoms with van der Waals surface area (Å²) < 4.78 is 6.27. The Kier molecular flexibility index (Phi) is 8.87. The van der Waals surface area contributed by atoms with Crippen molar-refractivity contribution in [3.63, 3.8) is 0 Å². The summed E-state index contributed by atoms with van der Waals surface area (Å²) in [5, 5.41) is 4.72. The second-order valence-corrected chi connectivity index (χ2v) is 15.2. The van der Waals surface area contributed by atoms with Gasteiger partial charge in [-0.3, -0.25) is 0 Å². The van der Waals surface area contributed by atoms with E-state index in [1.165, 1.54) is 49.7 Å². The number of furan rings is 1. The average molecular weight is 766 g/mol. The number of para-hydroxylation sites is 2. The van der Waals surface area contributed by atoms with Crippen LogP contribution in [-0.4, -0.2) is 0 Å². The molecule has 0 atom stereocenters. The molecule has 10 aromatic carbocycles. The number of anilines is 3. The molecule has 11 aromatic rings. The summed E-state index contributed by atoms with van der Waals surface area (Å²) in [6, 6.07) is 84.9. The van der Waals surface area contributed by atoms with Gasteiger partial charge in [0.15, 0.2) is 0 Å². The molecule has 0 bridgehead atoms. The van der Waals surface area contributed by atoms with E-state index in [4.69, 9.17) is 4.42 Å². The van der Waals surface area contributed by atoms with Crippen molar-refractivity contribution in [2.45, 2.75) is 0 Å². The van der Waals surface area contributed by atoms with Gasteiger partial charge in [0.1, 0.15) is 11.2 Å². The molecule has 1 aromatic heterocycles. The van der Waals surface area contributed by atoms with Crippen LogP contribution in [0.1, 0.15) is 0 Å². The van der Waals surface area contributed by atoms with Crippen LogP contribution < -0.4 is 4.90 Å². The summed E-state index contributed by atoms with van der Waals surface area (Å²) in [7, 11) is 0. The molecule has 2 heteroatoms. The Morgan fingerprint density at radius 1 is 0.267 bits per heavy atom. The fourth-order valence-electron chi connectivity index (χ4n) is 8.84. The standard InChI is InChI=1S/C58H39NO/c1-3-14-40(15-4-1)41-28-30-42(31-29-41)43-32-36-47(37-33-43)59(48-38-34-45(35-39-48)50-23-13-27-56-58(50)53-21-8-10-26-55(53)60-56)54-25-9-7-20-51(54)52-24-12-19-46-18-11-22-49(57(46)52)44-16-5-2-6-17-44/h1-39H. The highest BCUT2D eigenvalue weighted by molar-refractivity contribution is 6.13. The molecule has 0 aliphatic carbocycles. The van der Waals surface area contributed by atoms with Gasteiger partial charge in [0, 0.05) is 27.7 Å². The largest absolute Gasteiger partial charge is 0.456 e. The lowest BCUT2D eigenvalue weighted by Crippen LogP contribution is -2.11. The van der Waals surface area contributed by atoms with E-state index in [0.717, 1.165) is 55.7 Å². The molecular weight excluding hydrogens is 727 g/mol. The maximum Gasteiger partial charge on any atom is 0.136 e. The van der Waals surface area contributed by atoms with Crippen molar-refractivity contribution in [2.75, 3.05) is 4.90 Å². The molecule has 0 amide bonds. The minimum Gasteiger partial charge on any atom is -0.456 e. The van der Waals surface area contributed by atoms with Gasteiger partial charge in [-0.15, -0.1) is 0 Å². The minimum absolute atomic E-state index is 0.896. The molecular formula is C58H39NO. The molecule has 0 fully saturated rings.